The van der Waals surface area contributed by atoms with E-state index in [-0.39, 0.29) is 5.41 Å². The van der Waals surface area contributed by atoms with Crippen LogP contribution in [0.15, 0.2) is 54.9 Å². The number of carbonyl (C=O) groups excluding carboxylic acids is 1. The molecule has 4 aromatic rings. The lowest BCUT2D eigenvalue weighted by Crippen LogP contribution is -2.23. The van der Waals surface area contributed by atoms with Gasteiger partial charge in [-0.15, -0.1) is 0 Å². The number of nitrogens with one attached hydrogen (secondary N) is 1. The Morgan fingerprint density at radius 2 is 1.83 bits per heavy atom. The molecule has 0 unspecified atom stereocenters. The average molecular weight is 404 g/mol. The van der Waals surface area contributed by atoms with Crippen molar-refractivity contribution in [2.24, 2.45) is 0 Å². The minimum absolute atomic E-state index is 0.196. The topological polar surface area (TPSA) is 100.0 Å². The number of nitrogens with two attached hydrogens (primary N) is 1. The summed E-state index contributed by atoms with van der Waals surface area (Å²) in [6.07, 6.45) is 1.76. The first-order valence-electron chi connectivity index (χ1n) is 9.55. The first-order chi connectivity index (χ1) is 14.3. The van der Waals surface area contributed by atoms with Gasteiger partial charge in [-0.05, 0) is 36.4 Å². The monoisotopic (exact) mass is 404 g/mol. The lowest BCUT2D eigenvalue weighted by Gasteiger charge is -2.14. The standard InChI is InChI=1S/C22H24N6O2/c1-22(2,3)19-12-20(23)28(26-19)21(29)25-14-5-7-15(8-6-14)27-13-24-17-11-16(30-4)9-10-18(17)27/h5-13H,23H2,1-4H3,(H,25,29). The van der Waals surface area contributed by atoms with Gasteiger partial charge in [-0.3, -0.25) is 4.57 Å². The SMILES string of the molecule is COc1ccc2c(c1)ncn2-c1ccc(NC(=O)n2nc(C(C)(C)C)cc2N)cc1. The van der Waals surface area contributed by atoms with Crippen LogP contribution in [0.5, 0.6) is 5.75 Å². The number of ether oxygens (including phenoxy) is 1. The summed E-state index contributed by atoms with van der Waals surface area (Å²) in [5.41, 5.74) is 9.91. The second-order valence-corrected chi connectivity index (χ2v) is 8.06. The summed E-state index contributed by atoms with van der Waals surface area (Å²) in [6.45, 7) is 6.06. The number of aromatic nitrogens is 4. The zero-order valence-corrected chi connectivity index (χ0v) is 17.4. The molecule has 0 spiro atoms. The van der Waals surface area contributed by atoms with Gasteiger partial charge < -0.3 is 15.8 Å². The van der Waals surface area contributed by atoms with Crippen molar-refractivity contribution in [3.63, 3.8) is 0 Å². The Balaban J connectivity index is 1.55. The number of benzene rings is 2. The minimum atomic E-state index is -0.407. The average Bonchev–Trinajstić information content (AvgIpc) is 3.31. The number of amides is 1. The highest BCUT2D eigenvalue weighted by Gasteiger charge is 2.21. The van der Waals surface area contributed by atoms with E-state index < -0.39 is 6.03 Å². The third kappa shape index (κ3) is 3.59. The third-order valence-electron chi connectivity index (χ3n) is 4.85. The molecule has 0 radical (unpaired) electrons. The fraction of sp³-hybridized carbons (Fsp3) is 0.227. The van der Waals surface area contributed by atoms with Crippen molar-refractivity contribution < 1.29 is 9.53 Å². The van der Waals surface area contributed by atoms with Crippen LogP contribution in [0.3, 0.4) is 0 Å². The van der Waals surface area contributed by atoms with Crippen LogP contribution < -0.4 is 15.8 Å². The van der Waals surface area contributed by atoms with Gasteiger partial charge in [-0.25, -0.2) is 9.78 Å². The molecule has 0 aliphatic rings. The fourth-order valence-electron chi connectivity index (χ4n) is 3.13. The number of hydrogen-bond acceptors (Lipinski definition) is 5. The number of methoxy groups -OCH3 is 1. The van der Waals surface area contributed by atoms with Crippen LogP contribution >= 0.6 is 0 Å². The molecule has 8 nitrogen and oxygen atoms in total. The Morgan fingerprint density at radius 3 is 2.47 bits per heavy atom. The lowest BCUT2D eigenvalue weighted by molar-refractivity contribution is 0.251. The summed E-state index contributed by atoms with van der Waals surface area (Å²) in [5, 5.41) is 7.17. The first kappa shape index (κ1) is 19.5. The Labute approximate surface area is 174 Å². The quantitative estimate of drug-likeness (QED) is 0.533. The normalized spacial score (nSPS) is 11.6. The number of anilines is 2. The van der Waals surface area contributed by atoms with E-state index in [9.17, 15) is 4.79 Å². The predicted octanol–water partition coefficient (Wildman–Crippen LogP) is 4.19. The number of nitrogen functional groups attached to an aromatic ring is 1. The zero-order chi connectivity index (χ0) is 21.5. The van der Waals surface area contributed by atoms with Gasteiger partial charge in [-0.1, -0.05) is 20.8 Å². The lowest BCUT2D eigenvalue weighted by atomic mass is 9.92. The summed E-state index contributed by atoms with van der Waals surface area (Å²) in [4.78, 5) is 17.0. The van der Waals surface area contributed by atoms with Gasteiger partial charge >= 0.3 is 6.03 Å². The second kappa shape index (κ2) is 7.22. The van der Waals surface area contributed by atoms with Crippen molar-refractivity contribution in [2.75, 3.05) is 18.2 Å². The van der Waals surface area contributed by atoms with Crippen LogP contribution in [0.1, 0.15) is 26.5 Å². The summed E-state index contributed by atoms with van der Waals surface area (Å²) in [6, 6.07) is 14.5. The van der Waals surface area contributed by atoms with E-state index in [1.54, 1.807) is 19.5 Å². The molecule has 1 amide bonds. The molecule has 0 aliphatic heterocycles. The van der Waals surface area contributed by atoms with Gasteiger partial charge in [0, 0.05) is 28.9 Å². The molecule has 4 rings (SSSR count). The molecule has 0 aliphatic carbocycles. The van der Waals surface area contributed by atoms with Crippen LogP contribution in [0.25, 0.3) is 16.7 Å². The second-order valence-electron chi connectivity index (χ2n) is 8.06. The molecule has 2 aromatic carbocycles. The number of rotatable bonds is 3. The van der Waals surface area contributed by atoms with Crippen molar-refractivity contribution >= 4 is 28.6 Å². The zero-order valence-electron chi connectivity index (χ0n) is 17.4. The fourth-order valence-corrected chi connectivity index (χ4v) is 3.13. The van der Waals surface area contributed by atoms with Crippen molar-refractivity contribution in [3.05, 3.63) is 60.6 Å². The van der Waals surface area contributed by atoms with E-state index in [1.807, 2.05) is 67.8 Å². The Kier molecular flexibility index (Phi) is 4.69. The summed E-state index contributed by atoms with van der Waals surface area (Å²) < 4.78 is 8.41. The Bertz CT molecular complexity index is 1210. The molecule has 3 N–H and O–H groups in total. The molecular formula is C22H24N6O2. The van der Waals surface area contributed by atoms with Crippen LogP contribution in [0.2, 0.25) is 0 Å². The van der Waals surface area contributed by atoms with Crippen LogP contribution in [0, 0.1) is 0 Å². The molecule has 0 fully saturated rings. The number of hydrogen-bond donors (Lipinski definition) is 2. The summed E-state index contributed by atoms with van der Waals surface area (Å²) >= 11 is 0. The molecular weight excluding hydrogens is 380 g/mol. The molecule has 0 bridgehead atoms. The molecule has 2 heterocycles. The molecule has 0 atom stereocenters. The van der Waals surface area contributed by atoms with Crippen molar-refractivity contribution in [1.29, 1.82) is 0 Å². The molecule has 154 valence electrons. The van der Waals surface area contributed by atoms with Crippen molar-refractivity contribution in [1.82, 2.24) is 19.3 Å². The summed E-state index contributed by atoms with van der Waals surface area (Å²) in [5.74, 6) is 1.06. The van der Waals surface area contributed by atoms with E-state index in [4.69, 9.17) is 10.5 Å². The minimum Gasteiger partial charge on any atom is -0.497 e. The molecule has 8 heteroatoms. The molecule has 30 heavy (non-hydrogen) atoms. The molecule has 2 aromatic heterocycles. The van der Waals surface area contributed by atoms with Gasteiger partial charge in [-0.2, -0.15) is 9.78 Å². The number of nitrogens with zero attached hydrogens (tertiary/aromatic N) is 4. The van der Waals surface area contributed by atoms with E-state index in [0.29, 0.717) is 11.5 Å². The van der Waals surface area contributed by atoms with Gasteiger partial charge in [0.15, 0.2) is 0 Å². The highest BCUT2D eigenvalue weighted by molar-refractivity contribution is 5.92. The molecule has 0 saturated heterocycles. The van der Waals surface area contributed by atoms with Crippen LogP contribution in [-0.2, 0) is 5.41 Å². The van der Waals surface area contributed by atoms with Crippen molar-refractivity contribution in [2.45, 2.75) is 26.2 Å². The highest BCUT2D eigenvalue weighted by Crippen LogP contribution is 2.24. The summed E-state index contributed by atoms with van der Waals surface area (Å²) in [7, 11) is 1.63. The van der Waals surface area contributed by atoms with E-state index in [0.717, 1.165) is 28.2 Å². The maximum atomic E-state index is 12.6. The van der Waals surface area contributed by atoms with Gasteiger partial charge in [0.25, 0.3) is 0 Å². The highest BCUT2D eigenvalue weighted by atomic mass is 16.5. The van der Waals surface area contributed by atoms with E-state index in [1.165, 1.54) is 4.68 Å². The predicted molar refractivity (Wildman–Crippen MR) is 117 cm³/mol. The number of fused-ring (bicyclic) bond motifs is 1. The third-order valence-corrected chi connectivity index (χ3v) is 4.85. The smallest absolute Gasteiger partial charge is 0.348 e. The van der Waals surface area contributed by atoms with Gasteiger partial charge in [0.2, 0.25) is 0 Å². The number of imidazole rings is 1. The maximum Gasteiger partial charge on any atom is 0.348 e. The number of carbonyl (C=O) groups is 1. The van der Waals surface area contributed by atoms with Crippen molar-refractivity contribution in [3.8, 4) is 11.4 Å². The van der Waals surface area contributed by atoms with E-state index >= 15 is 0 Å². The van der Waals surface area contributed by atoms with Crippen LogP contribution in [-0.4, -0.2) is 32.5 Å². The Morgan fingerprint density at radius 1 is 1.10 bits per heavy atom. The molecule has 0 saturated carbocycles. The van der Waals surface area contributed by atoms with Gasteiger partial charge in [0.05, 0.1) is 23.8 Å². The van der Waals surface area contributed by atoms with Gasteiger partial charge in [0.1, 0.15) is 17.9 Å². The first-order valence-corrected chi connectivity index (χ1v) is 9.55. The Hall–Kier alpha value is -3.81. The largest absolute Gasteiger partial charge is 0.497 e. The maximum absolute atomic E-state index is 12.6. The van der Waals surface area contributed by atoms with Crippen LogP contribution in [0.4, 0.5) is 16.3 Å². The van der Waals surface area contributed by atoms with E-state index in [2.05, 4.69) is 15.4 Å².